The lowest BCUT2D eigenvalue weighted by molar-refractivity contribution is -0.151. The summed E-state index contributed by atoms with van der Waals surface area (Å²) in [6.45, 7) is 7.00. The van der Waals surface area contributed by atoms with Gasteiger partial charge in [0.15, 0.2) is 13.9 Å². The van der Waals surface area contributed by atoms with Gasteiger partial charge in [0, 0.05) is 42.2 Å². The van der Waals surface area contributed by atoms with Crippen LogP contribution in [0.5, 0.6) is 0 Å². The van der Waals surface area contributed by atoms with Crippen molar-refractivity contribution in [3.63, 3.8) is 0 Å². The minimum absolute atomic E-state index is 0.0124. The van der Waals surface area contributed by atoms with Crippen molar-refractivity contribution in [1.29, 1.82) is 0 Å². The van der Waals surface area contributed by atoms with Gasteiger partial charge < -0.3 is 29.3 Å². The molecule has 4 aliphatic heterocycles. The molecule has 0 bridgehead atoms. The number of hydrogen-bond donors (Lipinski definition) is 2. The molecule has 252 valence electrons. The lowest BCUT2D eigenvalue weighted by atomic mass is 9.82. The van der Waals surface area contributed by atoms with Gasteiger partial charge in [-0.05, 0) is 67.2 Å². The van der Waals surface area contributed by atoms with Crippen LogP contribution >= 0.6 is 0 Å². The summed E-state index contributed by atoms with van der Waals surface area (Å²) in [7, 11) is -2.97. The standard InChI is InChI=1S/C38H45N3O6Si/c1-25-36(48(2,3)46)33(21-35(44)40-23-28-11-5-4-10-27(28)20-30(40)24-42)47-38(25)31-12-6-7-13-32(31)41(37(38)45)22-26-15-17-29(18-16-26)39-19-9-8-14-34(39)43/h4-7,10-13,15-18,25,30,33,36,42,46H,8-9,14,19-24H2,1-3H3/t25-,30+,33+,36-,38+/m1/s1. The van der Waals surface area contributed by atoms with E-state index < -0.39 is 20.0 Å². The molecule has 3 amide bonds. The van der Waals surface area contributed by atoms with Gasteiger partial charge in [-0.2, -0.15) is 0 Å². The first-order valence-electron chi connectivity index (χ1n) is 17.2. The third kappa shape index (κ3) is 5.48. The van der Waals surface area contributed by atoms with Crippen molar-refractivity contribution in [2.24, 2.45) is 5.92 Å². The molecule has 0 aromatic heterocycles. The van der Waals surface area contributed by atoms with Gasteiger partial charge in [-0.1, -0.05) is 61.5 Å². The number of fused-ring (bicyclic) bond motifs is 3. The van der Waals surface area contributed by atoms with Crippen molar-refractivity contribution in [1.82, 2.24) is 4.90 Å². The van der Waals surface area contributed by atoms with Crippen molar-refractivity contribution in [3.05, 3.63) is 95.1 Å². The van der Waals surface area contributed by atoms with Crippen molar-refractivity contribution in [2.45, 2.75) is 88.5 Å². The zero-order valence-electron chi connectivity index (χ0n) is 28.0. The van der Waals surface area contributed by atoms with Crippen LogP contribution in [0.15, 0.2) is 72.8 Å². The Balaban J connectivity index is 1.17. The van der Waals surface area contributed by atoms with Crippen LogP contribution in [0.3, 0.4) is 0 Å². The number of hydrogen-bond acceptors (Lipinski definition) is 6. The zero-order valence-corrected chi connectivity index (χ0v) is 29.0. The quantitative estimate of drug-likeness (QED) is 0.348. The fraction of sp³-hybridized carbons (Fsp3) is 0.447. The van der Waals surface area contributed by atoms with Gasteiger partial charge in [0.25, 0.3) is 5.91 Å². The first kappa shape index (κ1) is 32.7. The fourth-order valence-electron chi connectivity index (χ4n) is 8.76. The van der Waals surface area contributed by atoms with Gasteiger partial charge in [-0.3, -0.25) is 14.4 Å². The number of nitrogens with zero attached hydrogens (tertiary/aromatic N) is 3. The molecule has 2 N–H and O–H groups in total. The van der Waals surface area contributed by atoms with E-state index in [0.29, 0.717) is 25.9 Å². The summed E-state index contributed by atoms with van der Waals surface area (Å²) in [6.07, 6.45) is 2.39. The maximum atomic E-state index is 14.8. The van der Waals surface area contributed by atoms with Crippen LogP contribution in [-0.4, -0.2) is 66.1 Å². The summed E-state index contributed by atoms with van der Waals surface area (Å²) in [5.74, 6) is -0.584. The third-order valence-electron chi connectivity index (χ3n) is 11.1. The summed E-state index contributed by atoms with van der Waals surface area (Å²) in [6, 6.07) is 23.2. The molecule has 48 heavy (non-hydrogen) atoms. The lowest BCUT2D eigenvalue weighted by Gasteiger charge is -2.37. The Labute approximate surface area is 283 Å². The van der Waals surface area contributed by atoms with Crippen LogP contribution in [0.25, 0.3) is 0 Å². The Morgan fingerprint density at radius 1 is 0.979 bits per heavy atom. The third-order valence-corrected chi connectivity index (χ3v) is 13.6. The van der Waals surface area contributed by atoms with Gasteiger partial charge in [0.1, 0.15) is 0 Å². The summed E-state index contributed by atoms with van der Waals surface area (Å²) in [5, 5.41) is 10.2. The normalized spacial score (nSPS) is 27.1. The average Bonchev–Trinajstić information content (AvgIpc) is 3.50. The van der Waals surface area contributed by atoms with E-state index in [1.807, 2.05) is 97.7 Å². The molecule has 3 aromatic rings. The SMILES string of the molecule is C[C@@H]1[C@@H]([Si](C)(C)O)[C@H](CC(=O)N2Cc3ccccc3C[C@H]2CO)O[C@@]12C(=O)N(Cc1ccc(N3CCCCC3=O)cc1)c1ccccc12. The van der Waals surface area contributed by atoms with Crippen LogP contribution in [0.2, 0.25) is 18.6 Å². The molecule has 10 heteroatoms. The number of amides is 3. The summed E-state index contributed by atoms with van der Waals surface area (Å²) in [4.78, 5) is 58.3. The van der Waals surface area contributed by atoms with E-state index in [-0.39, 0.29) is 48.3 Å². The maximum absolute atomic E-state index is 14.8. The van der Waals surface area contributed by atoms with E-state index in [1.54, 1.807) is 9.80 Å². The van der Waals surface area contributed by atoms with Crippen LogP contribution in [0, 0.1) is 5.92 Å². The minimum Gasteiger partial charge on any atom is -0.432 e. The second kappa shape index (κ2) is 12.6. The number of piperidine rings is 1. The maximum Gasteiger partial charge on any atom is 0.264 e. The molecule has 2 fully saturated rings. The molecule has 0 unspecified atom stereocenters. The lowest BCUT2D eigenvalue weighted by Crippen LogP contribution is -2.48. The van der Waals surface area contributed by atoms with E-state index in [9.17, 15) is 24.3 Å². The van der Waals surface area contributed by atoms with E-state index in [4.69, 9.17) is 4.74 Å². The Morgan fingerprint density at radius 3 is 2.40 bits per heavy atom. The Morgan fingerprint density at radius 2 is 1.69 bits per heavy atom. The van der Waals surface area contributed by atoms with Crippen molar-refractivity contribution >= 4 is 37.4 Å². The zero-order chi connectivity index (χ0) is 33.8. The van der Waals surface area contributed by atoms with Crippen molar-refractivity contribution in [2.75, 3.05) is 23.0 Å². The summed E-state index contributed by atoms with van der Waals surface area (Å²) < 4.78 is 6.91. The molecule has 5 atom stereocenters. The molecule has 0 radical (unpaired) electrons. The van der Waals surface area contributed by atoms with E-state index in [1.165, 1.54) is 0 Å². The second-order valence-corrected chi connectivity index (χ2v) is 18.4. The number of rotatable bonds is 7. The van der Waals surface area contributed by atoms with Gasteiger partial charge in [0.2, 0.25) is 11.8 Å². The highest BCUT2D eigenvalue weighted by atomic mass is 28.4. The Bertz CT molecular complexity index is 1720. The largest absolute Gasteiger partial charge is 0.432 e. The Kier molecular flexibility index (Phi) is 8.56. The predicted octanol–water partition coefficient (Wildman–Crippen LogP) is 4.88. The van der Waals surface area contributed by atoms with Crippen LogP contribution in [-0.2, 0) is 44.2 Å². The molecular weight excluding hydrogens is 623 g/mol. The molecule has 0 saturated carbocycles. The number of aliphatic hydroxyl groups excluding tert-OH is 1. The number of benzene rings is 3. The smallest absolute Gasteiger partial charge is 0.264 e. The second-order valence-electron chi connectivity index (χ2n) is 14.5. The number of ether oxygens (including phenoxy) is 1. The first-order valence-corrected chi connectivity index (χ1v) is 20.2. The molecule has 7 rings (SSSR count). The van der Waals surface area contributed by atoms with Crippen molar-refractivity contribution < 1.29 is 29.0 Å². The summed E-state index contributed by atoms with van der Waals surface area (Å²) >= 11 is 0. The number of para-hydroxylation sites is 1. The minimum atomic E-state index is -2.97. The predicted molar refractivity (Wildman–Crippen MR) is 186 cm³/mol. The molecule has 0 aliphatic carbocycles. The summed E-state index contributed by atoms with van der Waals surface area (Å²) in [5.41, 5.74) is 3.79. The van der Waals surface area contributed by atoms with Gasteiger partial charge >= 0.3 is 0 Å². The van der Waals surface area contributed by atoms with Gasteiger partial charge in [0.05, 0.1) is 37.4 Å². The molecular formula is C38H45N3O6Si. The van der Waals surface area contributed by atoms with E-state index in [0.717, 1.165) is 53.0 Å². The van der Waals surface area contributed by atoms with Crippen LogP contribution in [0.4, 0.5) is 11.4 Å². The highest BCUT2D eigenvalue weighted by molar-refractivity contribution is 6.71. The van der Waals surface area contributed by atoms with E-state index >= 15 is 0 Å². The number of anilines is 2. The highest BCUT2D eigenvalue weighted by Gasteiger charge is 2.66. The van der Waals surface area contributed by atoms with Crippen molar-refractivity contribution in [3.8, 4) is 0 Å². The fourth-order valence-corrected chi connectivity index (χ4v) is 11.3. The molecule has 2 saturated heterocycles. The monoisotopic (exact) mass is 667 g/mol. The molecule has 4 heterocycles. The molecule has 4 aliphatic rings. The van der Waals surface area contributed by atoms with Gasteiger partial charge in [-0.15, -0.1) is 0 Å². The molecule has 3 aromatic carbocycles. The highest BCUT2D eigenvalue weighted by Crippen LogP contribution is 2.59. The Hall–Kier alpha value is -3.83. The number of carbonyl (C=O) groups is 3. The average molecular weight is 668 g/mol. The van der Waals surface area contributed by atoms with E-state index in [2.05, 4.69) is 0 Å². The van der Waals surface area contributed by atoms with Crippen LogP contribution < -0.4 is 9.80 Å². The topological polar surface area (TPSA) is 111 Å². The number of aliphatic hydroxyl groups is 1. The number of carbonyl (C=O) groups excluding carboxylic acids is 3. The molecule has 1 spiro atoms. The van der Waals surface area contributed by atoms with Gasteiger partial charge in [-0.25, -0.2) is 0 Å². The molecule has 9 nitrogen and oxygen atoms in total. The first-order chi connectivity index (χ1) is 23.0. The van der Waals surface area contributed by atoms with Crippen LogP contribution in [0.1, 0.15) is 54.9 Å².